The molecular formula is C9H8ClF2NO. The Labute approximate surface area is 84.3 Å². The third kappa shape index (κ3) is 1.26. The number of benzene rings is 1. The fourth-order valence-corrected chi connectivity index (χ4v) is 1.57. The maximum Gasteiger partial charge on any atom is 0.153 e. The molecule has 2 nitrogen and oxygen atoms in total. The molecule has 0 amide bonds. The molecule has 14 heavy (non-hydrogen) atoms. The van der Waals surface area contributed by atoms with Gasteiger partial charge < -0.3 is 10.8 Å². The Morgan fingerprint density at radius 3 is 2.50 bits per heavy atom. The Bertz CT molecular complexity index is 404. The van der Waals surface area contributed by atoms with Gasteiger partial charge in [-0.15, -0.1) is 0 Å². The van der Waals surface area contributed by atoms with Gasteiger partial charge in [-0.05, 0) is 12.8 Å². The molecule has 1 aromatic carbocycles. The number of nitrogens with two attached hydrogens (primary N) is 1. The van der Waals surface area contributed by atoms with Gasteiger partial charge in [0.05, 0.1) is 0 Å². The topological polar surface area (TPSA) is 46.2 Å². The summed E-state index contributed by atoms with van der Waals surface area (Å²) in [7, 11) is 0. The molecule has 1 aliphatic carbocycles. The first-order valence-electron chi connectivity index (χ1n) is 4.11. The standard InChI is InChI=1S/C9H8ClF2NO/c10-7-5(14)3-4(11)6(8(7)12)9(13)1-2-9/h3,14H,1-2,13H2. The predicted octanol–water partition coefficient (Wildman–Crippen LogP) is 2.27. The molecule has 0 atom stereocenters. The lowest BCUT2D eigenvalue weighted by molar-refractivity contribution is 0.451. The van der Waals surface area contributed by atoms with Crippen molar-refractivity contribution in [2.75, 3.05) is 0 Å². The monoisotopic (exact) mass is 219 g/mol. The summed E-state index contributed by atoms with van der Waals surface area (Å²) in [6.45, 7) is 0. The minimum atomic E-state index is -0.954. The lowest BCUT2D eigenvalue weighted by Gasteiger charge is -2.13. The Balaban J connectivity index is 2.65. The van der Waals surface area contributed by atoms with E-state index >= 15 is 0 Å². The van der Waals surface area contributed by atoms with Crippen molar-refractivity contribution in [3.63, 3.8) is 0 Å². The van der Waals surface area contributed by atoms with E-state index in [2.05, 4.69) is 0 Å². The molecular weight excluding hydrogens is 212 g/mol. The molecule has 0 heterocycles. The SMILES string of the molecule is NC1(c2c(F)cc(O)c(Cl)c2F)CC1. The third-order valence-electron chi connectivity index (χ3n) is 2.43. The van der Waals surface area contributed by atoms with Gasteiger partial charge in [0.15, 0.2) is 5.82 Å². The Morgan fingerprint density at radius 1 is 1.43 bits per heavy atom. The average Bonchev–Trinajstić information content (AvgIpc) is 2.80. The largest absolute Gasteiger partial charge is 0.506 e. The number of phenolic OH excluding ortho intramolecular Hbond substituents is 1. The van der Waals surface area contributed by atoms with Gasteiger partial charge in [0.25, 0.3) is 0 Å². The van der Waals surface area contributed by atoms with E-state index in [1.54, 1.807) is 0 Å². The number of rotatable bonds is 1. The van der Waals surface area contributed by atoms with E-state index in [0.717, 1.165) is 6.07 Å². The second-order valence-corrected chi connectivity index (χ2v) is 3.91. The van der Waals surface area contributed by atoms with E-state index in [-0.39, 0.29) is 5.56 Å². The highest BCUT2D eigenvalue weighted by Crippen LogP contribution is 2.47. The zero-order valence-electron chi connectivity index (χ0n) is 7.15. The van der Waals surface area contributed by atoms with E-state index in [1.807, 2.05) is 0 Å². The summed E-state index contributed by atoms with van der Waals surface area (Å²) in [5, 5.41) is 8.56. The molecule has 0 spiro atoms. The van der Waals surface area contributed by atoms with Gasteiger partial charge in [-0.25, -0.2) is 8.78 Å². The molecule has 1 fully saturated rings. The Hall–Kier alpha value is -0.870. The molecule has 0 radical (unpaired) electrons. The number of hydrogen-bond acceptors (Lipinski definition) is 2. The molecule has 76 valence electrons. The second kappa shape index (κ2) is 2.81. The van der Waals surface area contributed by atoms with Crippen molar-refractivity contribution < 1.29 is 13.9 Å². The van der Waals surface area contributed by atoms with Gasteiger partial charge in [0, 0.05) is 17.2 Å². The number of phenols is 1. The summed E-state index contributed by atoms with van der Waals surface area (Å²) in [6, 6.07) is 0.785. The summed E-state index contributed by atoms with van der Waals surface area (Å²) < 4.78 is 26.7. The minimum Gasteiger partial charge on any atom is -0.506 e. The lowest BCUT2D eigenvalue weighted by atomic mass is 10.0. The zero-order valence-corrected chi connectivity index (χ0v) is 7.91. The van der Waals surface area contributed by atoms with Crippen LogP contribution in [0, 0.1) is 11.6 Å². The molecule has 0 unspecified atom stereocenters. The zero-order chi connectivity index (χ0) is 10.5. The van der Waals surface area contributed by atoms with Gasteiger partial charge in [0.2, 0.25) is 0 Å². The molecule has 0 bridgehead atoms. The van der Waals surface area contributed by atoms with Crippen LogP contribution in [0.2, 0.25) is 5.02 Å². The van der Waals surface area contributed by atoms with Crippen LogP contribution >= 0.6 is 11.6 Å². The molecule has 5 heteroatoms. The van der Waals surface area contributed by atoms with Crippen molar-refractivity contribution in [1.82, 2.24) is 0 Å². The molecule has 0 aromatic heterocycles. The van der Waals surface area contributed by atoms with Crippen LogP contribution in [0.3, 0.4) is 0 Å². The molecule has 1 aromatic rings. The summed E-state index contributed by atoms with van der Waals surface area (Å²) in [5.74, 6) is -2.40. The Morgan fingerprint density at radius 2 is 2.00 bits per heavy atom. The number of aromatic hydroxyl groups is 1. The molecule has 1 aliphatic rings. The van der Waals surface area contributed by atoms with Gasteiger partial charge in [-0.2, -0.15) is 0 Å². The number of halogens is 3. The smallest absolute Gasteiger partial charge is 0.153 e. The normalized spacial score (nSPS) is 18.3. The quantitative estimate of drug-likeness (QED) is 0.712. The van der Waals surface area contributed by atoms with Crippen molar-refractivity contribution in [3.05, 3.63) is 28.3 Å². The summed E-state index contributed by atoms with van der Waals surface area (Å²) in [6.07, 6.45) is 1.06. The second-order valence-electron chi connectivity index (χ2n) is 3.54. The van der Waals surface area contributed by atoms with Gasteiger partial charge >= 0.3 is 0 Å². The van der Waals surface area contributed by atoms with Gasteiger partial charge in [0.1, 0.15) is 16.6 Å². The molecule has 0 saturated heterocycles. The van der Waals surface area contributed by atoms with Crippen molar-refractivity contribution in [2.24, 2.45) is 5.73 Å². The van der Waals surface area contributed by atoms with E-state index in [1.165, 1.54) is 0 Å². The predicted molar refractivity (Wildman–Crippen MR) is 48.1 cm³/mol. The van der Waals surface area contributed by atoms with Crippen molar-refractivity contribution in [2.45, 2.75) is 18.4 Å². The van der Waals surface area contributed by atoms with Crippen LogP contribution in [0.15, 0.2) is 6.07 Å². The average molecular weight is 220 g/mol. The molecule has 2 rings (SSSR count). The van der Waals surface area contributed by atoms with Crippen LogP contribution in [-0.2, 0) is 5.54 Å². The summed E-state index contributed by atoms with van der Waals surface area (Å²) in [4.78, 5) is 0. The van der Waals surface area contributed by atoms with E-state index in [0.29, 0.717) is 12.8 Å². The van der Waals surface area contributed by atoms with Crippen LogP contribution in [0.25, 0.3) is 0 Å². The summed E-state index contributed by atoms with van der Waals surface area (Å²) >= 11 is 5.44. The van der Waals surface area contributed by atoms with Crippen LogP contribution in [0.1, 0.15) is 18.4 Å². The summed E-state index contributed by atoms with van der Waals surface area (Å²) in [5.41, 5.74) is 4.51. The van der Waals surface area contributed by atoms with Gasteiger partial charge in [-0.3, -0.25) is 0 Å². The maximum absolute atomic E-state index is 13.4. The van der Waals surface area contributed by atoms with Crippen molar-refractivity contribution >= 4 is 11.6 Å². The van der Waals surface area contributed by atoms with Crippen molar-refractivity contribution in [1.29, 1.82) is 0 Å². The molecule has 0 aliphatic heterocycles. The van der Waals surface area contributed by atoms with E-state index in [4.69, 9.17) is 22.4 Å². The Kier molecular flexibility index (Phi) is 1.94. The van der Waals surface area contributed by atoms with Crippen molar-refractivity contribution in [3.8, 4) is 5.75 Å². The fraction of sp³-hybridized carbons (Fsp3) is 0.333. The highest BCUT2D eigenvalue weighted by Gasteiger charge is 2.45. The highest BCUT2D eigenvalue weighted by molar-refractivity contribution is 6.32. The van der Waals surface area contributed by atoms with Crippen LogP contribution in [0.5, 0.6) is 5.75 Å². The van der Waals surface area contributed by atoms with Crippen LogP contribution in [-0.4, -0.2) is 5.11 Å². The maximum atomic E-state index is 13.4. The van der Waals surface area contributed by atoms with E-state index < -0.39 is 27.9 Å². The molecule has 1 saturated carbocycles. The van der Waals surface area contributed by atoms with Crippen LogP contribution in [0.4, 0.5) is 8.78 Å². The molecule has 3 N–H and O–H groups in total. The first-order chi connectivity index (χ1) is 6.46. The highest BCUT2D eigenvalue weighted by atomic mass is 35.5. The van der Waals surface area contributed by atoms with E-state index in [9.17, 15) is 8.78 Å². The number of hydrogen-bond donors (Lipinski definition) is 2. The first kappa shape index (κ1) is 9.68. The lowest BCUT2D eigenvalue weighted by Crippen LogP contribution is -2.22. The first-order valence-corrected chi connectivity index (χ1v) is 4.49. The third-order valence-corrected chi connectivity index (χ3v) is 2.79. The fourth-order valence-electron chi connectivity index (χ4n) is 1.42. The van der Waals surface area contributed by atoms with Crippen LogP contribution < -0.4 is 5.73 Å². The van der Waals surface area contributed by atoms with Gasteiger partial charge in [-0.1, -0.05) is 11.6 Å². The minimum absolute atomic E-state index is 0.222.